The molecule has 4 aliphatic heterocycles. The minimum absolute atomic E-state index is 0.164. The van der Waals surface area contributed by atoms with E-state index in [0.717, 1.165) is 0 Å². The van der Waals surface area contributed by atoms with E-state index in [2.05, 4.69) is 10.3 Å². The largest absolute Gasteiger partial charge is 0.396 e. The lowest BCUT2D eigenvalue weighted by atomic mass is 9.56. The molecule has 118 valence electrons. The standard InChI is InChI=1S/C11H17N3O7/c12-9-13-7(17)3-4-2(1-15)5-6(16)10(3,14-9)8(18)11(19,20-4)21-5/h2-8,15-19H,1H2,(H3,12,13,14)/t2-,3-,4+,5-,6?,7-,8+,10-,11+/m1/s1. The molecule has 0 radical (unpaired) electrons. The summed E-state index contributed by atoms with van der Waals surface area (Å²) < 4.78 is 10.6. The zero-order valence-electron chi connectivity index (χ0n) is 10.8. The summed E-state index contributed by atoms with van der Waals surface area (Å²) in [6.07, 6.45) is -6.19. The summed E-state index contributed by atoms with van der Waals surface area (Å²) in [5.74, 6) is -4.06. The predicted molar refractivity (Wildman–Crippen MR) is 64.3 cm³/mol. The molecule has 4 fully saturated rings. The van der Waals surface area contributed by atoms with Gasteiger partial charge in [0.05, 0.1) is 24.7 Å². The summed E-state index contributed by atoms with van der Waals surface area (Å²) in [6, 6.07) is 0. The van der Waals surface area contributed by atoms with Crippen molar-refractivity contribution in [2.75, 3.05) is 6.61 Å². The van der Waals surface area contributed by atoms with E-state index in [1.807, 2.05) is 0 Å². The van der Waals surface area contributed by atoms with E-state index in [4.69, 9.17) is 15.2 Å². The second kappa shape index (κ2) is 3.84. The summed E-state index contributed by atoms with van der Waals surface area (Å²) in [5.41, 5.74) is 4.04. The van der Waals surface area contributed by atoms with E-state index in [9.17, 15) is 25.5 Å². The summed E-state index contributed by atoms with van der Waals surface area (Å²) in [4.78, 5) is 3.78. The number of hydrogen-bond donors (Lipinski definition) is 7. The first kappa shape index (κ1) is 13.6. The van der Waals surface area contributed by atoms with Crippen LogP contribution < -0.4 is 11.1 Å². The maximum atomic E-state index is 10.6. The second-order valence-corrected chi connectivity index (χ2v) is 6.00. The van der Waals surface area contributed by atoms with Gasteiger partial charge in [0.1, 0.15) is 11.6 Å². The van der Waals surface area contributed by atoms with Crippen molar-refractivity contribution in [3.63, 3.8) is 0 Å². The third-order valence-corrected chi connectivity index (χ3v) is 5.11. The van der Waals surface area contributed by atoms with Gasteiger partial charge in [0.2, 0.25) is 0 Å². The van der Waals surface area contributed by atoms with Crippen molar-refractivity contribution in [3.05, 3.63) is 0 Å². The molecule has 5 aliphatic rings. The molecular formula is C11H17N3O7. The van der Waals surface area contributed by atoms with Crippen LogP contribution in [0.25, 0.3) is 0 Å². The van der Waals surface area contributed by atoms with Gasteiger partial charge in [-0.25, -0.2) is 4.99 Å². The molecular weight excluding hydrogens is 286 g/mol. The Bertz CT molecular complexity index is 518. The first-order valence-electron chi connectivity index (χ1n) is 6.69. The molecule has 0 amide bonds. The number of hydrogen-bond acceptors (Lipinski definition) is 10. The number of aliphatic hydroxyl groups is 5. The molecule has 9 atom stereocenters. The number of aliphatic hydroxyl groups excluding tert-OH is 4. The summed E-state index contributed by atoms with van der Waals surface area (Å²) in [5, 5.41) is 53.7. The predicted octanol–water partition coefficient (Wildman–Crippen LogP) is -4.63. The molecule has 4 bridgehead atoms. The number of nitrogens with one attached hydrogen (secondary N) is 1. The third-order valence-electron chi connectivity index (χ3n) is 5.11. The lowest BCUT2D eigenvalue weighted by molar-refractivity contribution is -0.530. The highest BCUT2D eigenvalue weighted by Gasteiger charge is 2.79. The maximum absolute atomic E-state index is 10.6. The minimum Gasteiger partial charge on any atom is -0.396 e. The van der Waals surface area contributed by atoms with Gasteiger partial charge >= 0.3 is 5.97 Å². The first-order valence-corrected chi connectivity index (χ1v) is 6.69. The minimum atomic E-state index is -2.33. The molecule has 0 aromatic carbocycles. The molecule has 1 aliphatic carbocycles. The molecule has 1 unspecified atom stereocenters. The van der Waals surface area contributed by atoms with Gasteiger partial charge in [0.25, 0.3) is 0 Å². The zero-order valence-corrected chi connectivity index (χ0v) is 10.8. The van der Waals surface area contributed by atoms with Crippen LogP contribution in [0.5, 0.6) is 0 Å². The Hall–Kier alpha value is -1.01. The van der Waals surface area contributed by atoms with E-state index in [0.29, 0.717) is 0 Å². The molecule has 3 saturated heterocycles. The van der Waals surface area contributed by atoms with Crippen LogP contribution >= 0.6 is 0 Å². The van der Waals surface area contributed by atoms with Gasteiger partial charge in [0, 0.05) is 5.92 Å². The van der Waals surface area contributed by atoms with Gasteiger partial charge in [-0.3, -0.25) is 0 Å². The lowest BCUT2D eigenvalue weighted by Crippen LogP contribution is -2.91. The van der Waals surface area contributed by atoms with E-state index in [1.54, 1.807) is 0 Å². The summed E-state index contributed by atoms with van der Waals surface area (Å²) >= 11 is 0. The molecule has 10 nitrogen and oxygen atoms in total. The highest BCUT2D eigenvalue weighted by atomic mass is 16.8. The number of nitrogens with two attached hydrogens (primary N) is 1. The van der Waals surface area contributed by atoms with Gasteiger partial charge in [-0.15, -0.1) is 0 Å². The van der Waals surface area contributed by atoms with E-state index < -0.39 is 54.0 Å². The monoisotopic (exact) mass is 303 g/mol. The fourth-order valence-corrected chi connectivity index (χ4v) is 4.26. The number of rotatable bonds is 1. The molecule has 1 spiro atoms. The first-order chi connectivity index (χ1) is 9.85. The van der Waals surface area contributed by atoms with Crippen LogP contribution in [0.3, 0.4) is 0 Å². The fraction of sp³-hybridized carbons (Fsp3) is 0.909. The van der Waals surface area contributed by atoms with Gasteiger partial charge in [-0.2, -0.15) is 0 Å². The quantitative estimate of drug-likeness (QED) is 0.252. The van der Waals surface area contributed by atoms with Crippen LogP contribution in [0.4, 0.5) is 0 Å². The SMILES string of the molecule is NC1=N[C@H](O)[C@H]2[C@H]3O[C@]4(O)O[C@@H](C(O)[C@@]2(N1)[C@@H]4O)[C@@H]3CO. The van der Waals surface area contributed by atoms with E-state index in [1.165, 1.54) is 0 Å². The Kier molecular flexibility index (Phi) is 2.50. The fourth-order valence-electron chi connectivity index (χ4n) is 4.26. The van der Waals surface area contributed by atoms with Gasteiger partial charge in [0.15, 0.2) is 18.3 Å². The second-order valence-electron chi connectivity index (χ2n) is 6.00. The summed E-state index contributed by atoms with van der Waals surface area (Å²) in [6.45, 7) is -0.378. The molecule has 21 heavy (non-hydrogen) atoms. The van der Waals surface area contributed by atoms with Crippen LogP contribution in [-0.4, -0.2) is 80.3 Å². The Morgan fingerprint density at radius 3 is 2.57 bits per heavy atom. The van der Waals surface area contributed by atoms with Crippen molar-refractivity contribution >= 4 is 5.96 Å². The Balaban J connectivity index is 1.91. The smallest absolute Gasteiger partial charge is 0.311 e. The van der Waals surface area contributed by atoms with Gasteiger partial charge < -0.3 is 46.1 Å². The van der Waals surface area contributed by atoms with Crippen LogP contribution in [-0.2, 0) is 9.47 Å². The van der Waals surface area contributed by atoms with E-state index in [-0.39, 0.29) is 12.6 Å². The highest BCUT2D eigenvalue weighted by Crippen LogP contribution is 2.57. The Labute approximate surface area is 118 Å². The van der Waals surface area contributed by atoms with Gasteiger partial charge in [-0.05, 0) is 0 Å². The average Bonchev–Trinajstić information content (AvgIpc) is 2.41. The number of guanidine groups is 1. The number of aliphatic imine (C=N–C) groups is 1. The van der Waals surface area contributed by atoms with Crippen LogP contribution in [0.1, 0.15) is 0 Å². The normalized spacial score (nSPS) is 61.2. The Morgan fingerprint density at radius 2 is 1.90 bits per heavy atom. The highest BCUT2D eigenvalue weighted by molar-refractivity contribution is 5.80. The zero-order chi connectivity index (χ0) is 15.2. The van der Waals surface area contributed by atoms with Crippen molar-refractivity contribution in [2.24, 2.45) is 22.6 Å². The lowest BCUT2D eigenvalue weighted by Gasteiger charge is -2.69. The molecule has 1 saturated carbocycles. The van der Waals surface area contributed by atoms with E-state index >= 15 is 0 Å². The van der Waals surface area contributed by atoms with Crippen molar-refractivity contribution in [1.82, 2.24) is 5.32 Å². The topological polar surface area (TPSA) is 170 Å². The van der Waals surface area contributed by atoms with Crippen molar-refractivity contribution in [1.29, 1.82) is 0 Å². The van der Waals surface area contributed by atoms with Crippen molar-refractivity contribution < 1.29 is 35.0 Å². The number of nitrogens with zero attached hydrogens (tertiary/aromatic N) is 1. The maximum Gasteiger partial charge on any atom is 0.311 e. The van der Waals surface area contributed by atoms with Crippen LogP contribution in [0, 0.1) is 11.8 Å². The van der Waals surface area contributed by atoms with Crippen molar-refractivity contribution in [2.45, 2.75) is 42.2 Å². The van der Waals surface area contributed by atoms with Crippen LogP contribution in [0.15, 0.2) is 4.99 Å². The molecule has 0 aromatic rings. The molecule has 0 aromatic heterocycles. The number of ether oxygens (including phenoxy) is 2. The summed E-state index contributed by atoms with van der Waals surface area (Å²) in [7, 11) is 0. The Morgan fingerprint density at radius 1 is 1.24 bits per heavy atom. The van der Waals surface area contributed by atoms with Crippen LogP contribution in [0.2, 0.25) is 0 Å². The average molecular weight is 303 g/mol. The molecule has 10 heteroatoms. The molecule has 8 N–H and O–H groups in total. The third kappa shape index (κ3) is 1.34. The van der Waals surface area contributed by atoms with Crippen molar-refractivity contribution in [3.8, 4) is 0 Å². The molecule has 5 rings (SSSR count). The van der Waals surface area contributed by atoms with Gasteiger partial charge in [-0.1, -0.05) is 0 Å². The molecule has 4 heterocycles.